The van der Waals surface area contributed by atoms with Crippen LogP contribution in [0.25, 0.3) is 22.8 Å². The molecular weight excluding hydrogens is 422 g/mol. The van der Waals surface area contributed by atoms with Gasteiger partial charge in [-0.2, -0.15) is 0 Å². The van der Waals surface area contributed by atoms with Crippen LogP contribution in [0.5, 0.6) is 0 Å². The molecule has 5 rings (SSSR count). The maximum atomic E-state index is 12.4. The summed E-state index contributed by atoms with van der Waals surface area (Å²) in [5.41, 5.74) is 2.45. The topological polar surface area (TPSA) is 117 Å². The van der Waals surface area contributed by atoms with E-state index in [1.807, 2.05) is 30.0 Å². The van der Waals surface area contributed by atoms with Crippen LogP contribution >= 0.6 is 0 Å². The standard InChI is InChI=1S/C23H25N7O3/c1-14(21(31)30-10-4-11-30)25-23-24-9-7-18(27-23)16-5-3-6-17(26-16)19-13-20(33-28-19)15-8-12-29(2)22(15)32/h3,5-7,9,13-15H,4,8,10-12H2,1-2H3,(H,24,25,27)/t14-,15-/m0/s1. The number of nitrogens with one attached hydrogen (secondary N) is 1. The first-order valence-corrected chi connectivity index (χ1v) is 11.1. The summed E-state index contributed by atoms with van der Waals surface area (Å²) in [5.74, 6) is 0.719. The average molecular weight is 447 g/mol. The molecule has 0 aromatic carbocycles. The Morgan fingerprint density at radius 1 is 1.12 bits per heavy atom. The Morgan fingerprint density at radius 2 is 1.88 bits per heavy atom. The van der Waals surface area contributed by atoms with Gasteiger partial charge in [-0.1, -0.05) is 11.2 Å². The van der Waals surface area contributed by atoms with Gasteiger partial charge in [0, 0.05) is 38.9 Å². The Hall–Kier alpha value is -3.82. The lowest BCUT2D eigenvalue weighted by atomic mass is 10.0. The van der Waals surface area contributed by atoms with Crippen molar-refractivity contribution >= 4 is 17.8 Å². The number of likely N-dealkylation sites (tertiary alicyclic amines) is 2. The van der Waals surface area contributed by atoms with Crippen LogP contribution in [0.1, 0.15) is 31.4 Å². The number of hydrogen-bond acceptors (Lipinski definition) is 8. The number of hydrogen-bond donors (Lipinski definition) is 1. The highest BCUT2D eigenvalue weighted by atomic mass is 16.5. The molecule has 2 atom stereocenters. The van der Waals surface area contributed by atoms with Gasteiger partial charge in [-0.3, -0.25) is 9.59 Å². The molecule has 1 N–H and O–H groups in total. The quantitative estimate of drug-likeness (QED) is 0.611. The number of nitrogens with zero attached hydrogens (tertiary/aromatic N) is 6. The number of carbonyl (C=O) groups is 2. The number of anilines is 1. The number of aromatic nitrogens is 4. The van der Waals surface area contributed by atoms with E-state index in [0.29, 0.717) is 47.4 Å². The van der Waals surface area contributed by atoms with E-state index in [0.717, 1.165) is 19.5 Å². The van der Waals surface area contributed by atoms with E-state index < -0.39 is 6.04 Å². The van der Waals surface area contributed by atoms with Crippen molar-refractivity contribution in [3.63, 3.8) is 0 Å². The van der Waals surface area contributed by atoms with Crippen LogP contribution < -0.4 is 5.32 Å². The van der Waals surface area contributed by atoms with Gasteiger partial charge in [-0.15, -0.1) is 0 Å². The molecular formula is C23H25N7O3. The number of rotatable bonds is 6. The summed E-state index contributed by atoms with van der Waals surface area (Å²) in [5, 5.41) is 7.22. The number of carbonyl (C=O) groups excluding carboxylic acids is 2. The fourth-order valence-corrected chi connectivity index (χ4v) is 4.02. The molecule has 10 heteroatoms. The molecule has 2 aliphatic heterocycles. The number of likely N-dealkylation sites (N-methyl/N-ethyl adjacent to an activating group) is 1. The van der Waals surface area contributed by atoms with Crippen LogP contribution in [0.2, 0.25) is 0 Å². The van der Waals surface area contributed by atoms with E-state index >= 15 is 0 Å². The lowest BCUT2D eigenvalue weighted by Gasteiger charge is -2.33. The molecule has 0 radical (unpaired) electrons. The minimum atomic E-state index is -0.411. The van der Waals surface area contributed by atoms with Gasteiger partial charge in [0.15, 0.2) is 0 Å². The van der Waals surface area contributed by atoms with Crippen molar-refractivity contribution in [3.8, 4) is 22.8 Å². The zero-order valence-electron chi connectivity index (χ0n) is 18.6. The smallest absolute Gasteiger partial charge is 0.244 e. The molecule has 170 valence electrons. The summed E-state index contributed by atoms with van der Waals surface area (Å²) < 4.78 is 5.48. The largest absolute Gasteiger partial charge is 0.360 e. The first-order chi connectivity index (χ1) is 16.0. The van der Waals surface area contributed by atoms with Gasteiger partial charge in [0.25, 0.3) is 0 Å². The van der Waals surface area contributed by atoms with Gasteiger partial charge < -0.3 is 19.6 Å². The summed E-state index contributed by atoms with van der Waals surface area (Å²) in [6.07, 6.45) is 3.40. The van der Waals surface area contributed by atoms with Crippen LogP contribution in [-0.2, 0) is 9.59 Å². The molecule has 5 heterocycles. The monoisotopic (exact) mass is 447 g/mol. The SMILES string of the molecule is C[C@H](Nc1nccc(-c2cccc(-c3cc([C@@H]4CCN(C)C4=O)on3)n2)n1)C(=O)N1CCC1. The van der Waals surface area contributed by atoms with Crippen molar-refractivity contribution in [2.24, 2.45) is 0 Å². The molecule has 2 aliphatic rings. The summed E-state index contributed by atoms with van der Waals surface area (Å²) in [4.78, 5) is 41.6. The van der Waals surface area contributed by atoms with Gasteiger partial charge in [-0.25, -0.2) is 15.0 Å². The van der Waals surface area contributed by atoms with Crippen molar-refractivity contribution in [1.29, 1.82) is 0 Å². The van der Waals surface area contributed by atoms with Crippen LogP contribution in [0.15, 0.2) is 41.1 Å². The third-order valence-electron chi connectivity index (χ3n) is 6.11. The Morgan fingerprint density at radius 3 is 2.58 bits per heavy atom. The van der Waals surface area contributed by atoms with Gasteiger partial charge in [-0.05, 0) is 38.0 Å². The highest BCUT2D eigenvalue weighted by Gasteiger charge is 2.33. The van der Waals surface area contributed by atoms with Crippen molar-refractivity contribution in [2.75, 3.05) is 32.0 Å². The second-order valence-electron chi connectivity index (χ2n) is 8.43. The Labute approximate surface area is 191 Å². The molecule has 0 aliphatic carbocycles. The molecule has 2 saturated heterocycles. The summed E-state index contributed by atoms with van der Waals surface area (Å²) in [6, 6.07) is 8.68. The van der Waals surface area contributed by atoms with Crippen molar-refractivity contribution in [3.05, 3.63) is 42.3 Å². The molecule has 0 spiro atoms. The predicted molar refractivity (Wildman–Crippen MR) is 120 cm³/mol. The zero-order valence-corrected chi connectivity index (χ0v) is 18.6. The third kappa shape index (κ3) is 4.15. The molecule has 3 aromatic rings. The van der Waals surface area contributed by atoms with Crippen LogP contribution in [0, 0.1) is 0 Å². The Bertz CT molecular complexity index is 1190. The third-order valence-corrected chi connectivity index (χ3v) is 6.11. The van der Waals surface area contributed by atoms with E-state index in [9.17, 15) is 9.59 Å². The van der Waals surface area contributed by atoms with Crippen LogP contribution in [0.3, 0.4) is 0 Å². The van der Waals surface area contributed by atoms with Crippen molar-refractivity contribution in [2.45, 2.75) is 31.7 Å². The van der Waals surface area contributed by atoms with Crippen molar-refractivity contribution < 1.29 is 14.1 Å². The molecule has 0 bridgehead atoms. The van der Waals surface area contributed by atoms with E-state index in [1.54, 1.807) is 30.3 Å². The maximum absolute atomic E-state index is 12.4. The minimum absolute atomic E-state index is 0.0437. The molecule has 2 amide bonds. The van der Waals surface area contributed by atoms with E-state index in [4.69, 9.17) is 4.52 Å². The number of pyridine rings is 1. The second kappa shape index (κ2) is 8.61. The van der Waals surface area contributed by atoms with Gasteiger partial charge >= 0.3 is 0 Å². The van der Waals surface area contributed by atoms with E-state index in [1.165, 1.54) is 0 Å². The number of amides is 2. The van der Waals surface area contributed by atoms with Gasteiger partial charge in [0.05, 0.1) is 17.1 Å². The van der Waals surface area contributed by atoms with Gasteiger partial charge in [0.1, 0.15) is 23.4 Å². The summed E-state index contributed by atoms with van der Waals surface area (Å²) in [6.45, 7) is 4.12. The molecule has 2 fully saturated rings. The van der Waals surface area contributed by atoms with Crippen molar-refractivity contribution in [1.82, 2.24) is 29.9 Å². The van der Waals surface area contributed by atoms with Crippen LogP contribution in [-0.4, -0.2) is 74.4 Å². The Balaban J connectivity index is 1.34. The second-order valence-corrected chi connectivity index (χ2v) is 8.43. The fraction of sp³-hybridized carbons (Fsp3) is 0.391. The maximum Gasteiger partial charge on any atom is 0.244 e. The predicted octanol–water partition coefficient (Wildman–Crippen LogP) is 2.17. The lowest BCUT2D eigenvalue weighted by molar-refractivity contribution is -0.135. The molecule has 10 nitrogen and oxygen atoms in total. The first kappa shape index (κ1) is 21.0. The molecule has 0 unspecified atom stereocenters. The summed E-state index contributed by atoms with van der Waals surface area (Å²) >= 11 is 0. The fourth-order valence-electron chi connectivity index (χ4n) is 4.02. The van der Waals surface area contributed by atoms with E-state index in [2.05, 4.69) is 25.4 Å². The van der Waals surface area contributed by atoms with E-state index in [-0.39, 0.29) is 17.7 Å². The zero-order chi connectivity index (χ0) is 22.9. The summed E-state index contributed by atoms with van der Waals surface area (Å²) in [7, 11) is 1.79. The first-order valence-electron chi connectivity index (χ1n) is 11.1. The minimum Gasteiger partial charge on any atom is -0.360 e. The Kier molecular flexibility index (Phi) is 5.49. The molecule has 33 heavy (non-hydrogen) atoms. The lowest BCUT2D eigenvalue weighted by Crippen LogP contribution is -2.48. The van der Waals surface area contributed by atoms with Crippen LogP contribution in [0.4, 0.5) is 5.95 Å². The highest BCUT2D eigenvalue weighted by Crippen LogP contribution is 2.30. The average Bonchev–Trinajstić information content (AvgIpc) is 3.40. The highest BCUT2D eigenvalue weighted by molar-refractivity contribution is 5.85. The molecule has 0 saturated carbocycles. The van der Waals surface area contributed by atoms with Gasteiger partial charge in [0.2, 0.25) is 17.8 Å². The normalized spacial score (nSPS) is 18.8. The molecule has 3 aromatic heterocycles.